The molecule has 0 atom stereocenters. The highest BCUT2D eigenvalue weighted by atomic mass is 19.4. The van der Waals surface area contributed by atoms with Gasteiger partial charge in [0.15, 0.2) is 0 Å². The summed E-state index contributed by atoms with van der Waals surface area (Å²) in [5.41, 5.74) is 0.759. The summed E-state index contributed by atoms with van der Waals surface area (Å²) < 4.78 is 41.7. The zero-order valence-corrected chi connectivity index (χ0v) is 15.5. The fourth-order valence-electron chi connectivity index (χ4n) is 2.87. The number of carbonyl (C=O) groups is 1. The predicted molar refractivity (Wildman–Crippen MR) is 103 cm³/mol. The number of para-hydroxylation sites is 1. The number of imidazole rings is 1. The van der Waals surface area contributed by atoms with Crippen LogP contribution in [0.25, 0.3) is 22.8 Å². The van der Waals surface area contributed by atoms with Gasteiger partial charge >= 0.3 is 6.18 Å². The van der Waals surface area contributed by atoms with Gasteiger partial charge in [-0.25, -0.2) is 4.98 Å². The van der Waals surface area contributed by atoms with Gasteiger partial charge in [-0.05, 0) is 30.3 Å². The summed E-state index contributed by atoms with van der Waals surface area (Å²) in [6, 6.07) is 13.0. The van der Waals surface area contributed by atoms with E-state index in [1.165, 1.54) is 30.4 Å². The summed E-state index contributed by atoms with van der Waals surface area (Å²) in [6.45, 7) is 0.236. The zero-order valence-electron chi connectivity index (χ0n) is 15.5. The molecule has 29 heavy (non-hydrogen) atoms. The fraction of sp³-hybridized carbons (Fsp3) is 0.190. The Morgan fingerprint density at radius 3 is 2.66 bits per heavy atom. The van der Waals surface area contributed by atoms with E-state index in [9.17, 15) is 18.0 Å². The van der Waals surface area contributed by atoms with Crippen molar-refractivity contribution in [3.05, 3.63) is 66.0 Å². The van der Waals surface area contributed by atoms with Crippen LogP contribution in [0.15, 0.2) is 54.9 Å². The van der Waals surface area contributed by atoms with Crippen LogP contribution in [-0.4, -0.2) is 34.0 Å². The van der Waals surface area contributed by atoms with Crippen molar-refractivity contribution in [2.45, 2.75) is 12.6 Å². The maximum atomic E-state index is 13.3. The maximum absolute atomic E-state index is 13.3. The molecule has 0 saturated heterocycles. The quantitative estimate of drug-likeness (QED) is 0.598. The lowest BCUT2D eigenvalue weighted by Gasteiger charge is -2.13. The Balaban J connectivity index is 2.10. The standard InChI is InChI=1S/C21H17F3N4O/c1-27(11-5-10-25)19(29)9-8-15-12-16(21(22,23)24)13-18-20(15)28(14-26-18)17-6-3-2-4-7-17/h2-4,6-9,12-14H,5,11H2,1H3/b9-8+. The number of carbonyl (C=O) groups excluding carboxylic acids is 1. The molecule has 0 bridgehead atoms. The Kier molecular flexibility index (Phi) is 5.69. The number of alkyl halides is 3. The van der Waals surface area contributed by atoms with Crippen LogP contribution < -0.4 is 0 Å². The topological polar surface area (TPSA) is 61.9 Å². The highest BCUT2D eigenvalue weighted by molar-refractivity contribution is 5.95. The molecule has 0 saturated carbocycles. The Labute approximate surface area is 165 Å². The van der Waals surface area contributed by atoms with E-state index in [4.69, 9.17) is 5.26 Å². The summed E-state index contributed by atoms with van der Waals surface area (Å²) in [6.07, 6.45) is -0.359. The minimum absolute atomic E-state index is 0.171. The molecule has 0 fully saturated rings. The molecule has 8 heteroatoms. The first-order chi connectivity index (χ1) is 13.8. The van der Waals surface area contributed by atoms with E-state index in [1.807, 2.05) is 36.4 Å². The first-order valence-corrected chi connectivity index (χ1v) is 8.75. The van der Waals surface area contributed by atoms with Gasteiger partial charge in [-0.2, -0.15) is 18.4 Å². The minimum atomic E-state index is -4.54. The van der Waals surface area contributed by atoms with Crippen LogP contribution >= 0.6 is 0 Å². The molecule has 148 valence electrons. The van der Waals surface area contributed by atoms with Crippen molar-refractivity contribution in [1.82, 2.24) is 14.5 Å². The Morgan fingerprint density at radius 2 is 2.00 bits per heavy atom. The van der Waals surface area contributed by atoms with Crippen molar-refractivity contribution in [2.24, 2.45) is 0 Å². The van der Waals surface area contributed by atoms with Crippen LogP contribution in [0.5, 0.6) is 0 Å². The summed E-state index contributed by atoms with van der Waals surface area (Å²) in [5, 5.41) is 8.62. The second-order valence-electron chi connectivity index (χ2n) is 6.38. The van der Waals surface area contributed by atoms with Gasteiger partial charge in [-0.1, -0.05) is 18.2 Å². The van der Waals surface area contributed by atoms with E-state index in [2.05, 4.69) is 4.98 Å². The summed E-state index contributed by atoms with van der Waals surface area (Å²) >= 11 is 0. The highest BCUT2D eigenvalue weighted by Crippen LogP contribution is 2.34. The lowest BCUT2D eigenvalue weighted by molar-refractivity contribution is -0.137. The highest BCUT2D eigenvalue weighted by Gasteiger charge is 2.32. The molecule has 5 nitrogen and oxygen atoms in total. The smallest absolute Gasteiger partial charge is 0.341 e. The van der Waals surface area contributed by atoms with Crippen molar-refractivity contribution in [3.8, 4) is 11.8 Å². The fourth-order valence-corrected chi connectivity index (χ4v) is 2.87. The SMILES string of the molecule is CN(CCC#N)C(=O)/C=C/c1cc(C(F)(F)F)cc2ncn(-c3ccccc3)c12. The van der Waals surface area contributed by atoms with Crippen LogP contribution in [0.2, 0.25) is 0 Å². The number of nitrogens with zero attached hydrogens (tertiary/aromatic N) is 4. The molecule has 3 aromatic rings. The second-order valence-corrected chi connectivity index (χ2v) is 6.38. The molecule has 0 spiro atoms. The number of likely N-dealkylation sites (N-methyl/N-ethyl adjacent to an activating group) is 1. The second kappa shape index (κ2) is 8.19. The molecule has 1 aromatic heterocycles. The van der Waals surface area contributed by atoms with E-state index in [0.717, 1.165) is 17.8 Å². The molecular weight excluding hydrogens is 381 g/mol. The third-order valence-corrected chi connectivity index (χ3v) is 4.37. The number of hydrogen-bond acceptors (Lipinski definition) is 3. The van der Waals surface area contributed by atoms with Crippen LogP contribution in [0.3, 0.4) is 0 Å². The van der Waals surface area contributed by atoms with Gasteiger partial charge in [0, 0.05) is 30.9 Å². The first kappa shape index (κ1) is 20.1. The van der Waals surface area contributed by atoms with Crippen molar-refractivity contribution in [1.29, 1.82) is 5.26 Å². The number of halogens is 3. The van der Waals surface area contributed by atoms with Crippen LogP contribution in [0.4, 0.5) is 13.2 Å². The van der Waals surface area contributed by atoms with E-state index in [0.29, 0.717) is 5.52 Å². The molecule has 0 unspecified atom stereocenters. The van der Waals surface area contributed by atoms with E-state index < -0.39 is 17.6 Å². The third-order valence-electron chi connectivity index (χ3n) is 4.37. The number of amides is 1. The first-order valence-electron chi connectivity index (χ1n) is 8.75. The molecular formula is C21H17F3N4O. The zero-order chi connectivity index (χ0) is 21.0. The average Bonchev–Trinajstić information content (AvgIpc) is 3.14. The molecule has 0 aliphatic carbocycles. The van der Waals surface area contributed by atoms with Crippen molar-refractivity contribution in [3.63, 3.8) is 0 Å². The van der Waals surface area contributed by atoms with Crippen molar-refractivity contribution in [2.75, 3.05) is 13.6 Å². The number of nitriles is 1. The maximum Gasteiger partial charge on any atom is 0.416 e. The monoisotopic (exact) mass is 398 g/mol. The molecule has 3 rings (SSSR count). The largest absolute Gasteiger partial charge is 0.416 e. The van der Waals surface area contributed by atoms with Gasteiger partial charge < -0.3 is 4.90 Å². The van der Waals surface area contributed by atoms with Crippen molar-refractivity contribution < 1.29 is 18.0 Å². The minimum Gasteiger partial charge on any atom is -0.341 e. The van der Waals surface area contributed by atoms with E-state index in [-0.39, 0.29) is 24.0 Å². The number of fused-ring (bicyclic) bond motifs is 1. The molecule has 2 aromatic carbocycles. The number of rotatable bonds is 5. The lowest BCUT2D eigenvalue weighted by atomic mass is 10.1. The van der Waals surface area contributed by atoms with Crippen molar-refractivity contribution >= 4 is 23.0 Å². The van der Waals surface area contributed by atoms with E-state index >= 15 is 0 Å². The molecule has 0 N–H and O–H groups in total. The van der Waals surface area contributed by atoms with E-state index in [1.54, 1.807) is 4.57 Å². The normalized spacial score (nSPS) is 11.7. The van der Waals surface area contributed by atoms with Gasteiger partial charge in [0.05, 0.1) is 29.1 Å². The summed E-state index contributed by atoms with van der Waals surface area (Å²) in [5.74, 6) is -0.406. The Bertz CT molecular complexity index is 1090. The number of benzene rings is 2. The van der Waals surface area contributed by atoms with Crippen LogP contribution in [-0.2, 0) is 11.0 Å². The molecule has 0 aliphatic rings. The van der Waals surface area contributed by atoms with Gasteiger partial charge in [-0.15, -0.1) is 0 Å². The number of hydrogen-bond donors (Lipinski definition) is 0. The predicted octanol–water partition coefficient (Wildman–Crippen LogP) is 4.43. The van der Waals surface area contributed by atoms with Gasteiger partial charge in [-0.3, -0.25) is 9.36 Å². The third kappa shape index (κ3) is 4.46. The molecule has 0 aliphatic heterocycles. The summed E-state index contributed by atoms with van der Waals surface area (Å²) in [7, 11) is 1.53. The molecule has 1 heterocycles. The van der Waals surface area contributed by atoms with Crippen LogP contribution in [0.1, 0.15) is 17.5 Å². The Hall–Kier alpha value is -3.60. The van der Waals surface area contributed by atoms with Gasteiger partial charge in [0.25, 0.3) is 0 Å². The van der Waals surface area contributed by atoms with Crippen LogP contribution in [0, 0.1) is 11.3 Å². The molecule has 1 amide bonds. The number of aromatic nitrogens is 2. The van der Waals surface area contributed by atoms with Gasteiger partial charge in [0.1, 0.15) is 6.33 Å². The average molecular weight is 398 g/mol. The van der Waals surface area contributed by atoms with Gasteiger partial charge in [0.2, 0.25) is 5.91 Å². The lowest BCUT2D eigenvalue weighted by Crippen LogP contribution is -2.25. The summed E-state index contributed by atoms with van der Waals surface area (Å²) in [4.78, 5) is 17.7. The Morgan fingerprint density at radius 1 is 1.28 bits per heavy atom. The molecule has 0 radical (unpaired) electrons.